The molecule has 0 aromatic heterocycles. The van der Waals surface area contributed by atoms with Gasteiger partial charge in [0, 0.05) is 11.8 Å². The highest BCUT2D eigenvalue weighted by Gasteiger charge is 2.20. The fourth-order valence-corrected chi connectivity index (χ4v) is 2.58. The predicted molar refractivity (Wildman–Crippen MR) is 61.3 cm³/mol. The van der Waals surface area contributed by atoms with Gasteiger partial charge in [-0.15, -0.1) is 0 Å². The molecule has 1 aromatic carbocycles. The molecule has 0 spiro atoms. The van der Waals surface area contributed by atoms with Crippen molar-refractivity contribution in [1.29, 1.82) is 0 Å². The van der Waals surface area contributed by atoms with Crippen LogP contribution in [0, 0.1) is 6.92 Å². The van der Waals surface area contributed by atoms with Crippen LogP contribution in [-0.4, -0.2) is 33.0 Å². The number of sulfone groups is 1. The summed E-state index contributed by atoms with van der Waals surface area (Å²) >= 11 is 0. The van der Waals surface area contributed by atoms with E-state index in [4.69, 9.17) is 15.6 Å². The smallest absolute Gasteiger partial charge is 0.184 e. The van der Waals surface area contributed by atoms with Crippen LogP contribution in [0.1, 0.15) is 5.56 Å². The van der Waals surface area contributed by atoms with Crippen molar-refractivity contribution in [2.24, 2.45) is 0 Å². The Morgan fingerprint density at radius 2 is 2.06 bits per heavy atom. The second-order valence-electron chi connectivity index (χ2n) is 3.40. The van der Waals surface area contributed by atoms with Crippen LogP contribution >= 0.6 is 0 Å². The number of hydrogen-bond donors (Lipinski definition) is 2. The van der Waals surface area contributed by atoms with E-state index in [1.54, 1.807) is 6.92 Å². The summed E-state index contributed by atoms with van der Waals surface area (Å²) in [5.74, 6) is -0.122. The van der Waals surface area contributed by atoms with E-state index in [2.05, 4.69) is 0 Å². The number of aliphatic hydroxyl groups excluding tert-OH is 1. The van der Waals surface area contributed by atoms with Gasteiger partial charge >= 0.3 is 0 Å². The average molecular weight is 245 g/mol. The summed E-state index contributed by atoms with van der Waals surface area (Å²) in [6.45, 7) is 1.29. The fourth-order valence-electron chi connectivity index (χ4n) is 1.31. The summed E-state index contributed by atoms with van der Waals surface area (Å²) in [5, 5.41) is 8.71. The number of benzene rings is 1. The monoisotopic (exact) mass is 245 g/mol. The van der Waals surface area contributed by atoms with Crippen molar-refractivity contribution < 1.29 is 18.3 Å². The van der Waals surface area contributed by atoms with Gasteiger partial charge in [0.2, 0.25) is 0 Å². The third-order valence-corrected chi connectivity index (χ3v) is 3.96. The van der Waals surface area contributed by atoms with Crippen molar-refractivity contribution in [2.45, 2.75) is 11.8 Å². The summed E-state index contributed by atoms with van der Waals surface area (Å²) in [6, 6.07) is 2.93. The molecule has 90 valence electrons. The third kappa shape index (κ3) is 2.45. The standard InChI is InChI=1S/C10H15NO4S/c1-7-5-10(16(13,14)4-3-12)9(15-2)6-8(7)11/h5-6,12H,3-4,11H2,1-2H3. The minimum atomic E-state index is -3.52. The van der Waals surface area contributed by atoms with Gasteiger partial charge in [0.15, 0.2) is 9.84 Å². The molecule has 3 N–H and O–H groups in total. The topological polar surface area (TPSA) is 89.6 Å². The molecule has 0 radical (unpaired) electrons. The van der Waals surface area contributed by atoms with Crippen LogP contribution in [-0.2, 0) is 9.84 Å². The number of aliphatic hydroxyl groups is 1. The van der Waals surface area contributed by atoms with E-state index in [-0.39, 0.29) is 16.4 Å². The second-order valence-corrected chi connectivity index (χ2v) is 5.48. The van der Waals surface area contributed by atoms with Gasteiger partial charge in [0.25, 0.3) is 0 Å². The first-order valence-corrected chi connectivity index (χ1v) is 6.35. The highest BCUT2D eigenvalue weighted by Crippen LogP contribution is 2.29. The Balaban J connectivity index is 3.38. The number of aryl methyl sites for hydroxylation is 1. The molecule has 0 amide bonds. The van der Waals surface area contributed by atoms with Crippen LogP contribution in [0.2, 0.25) is 0 Å². The van der Waals surface area contributed by atoms with Crippen molar-refractivity contribution in [3.8, 4) is 5.75 Å². The summed E-state index contributed by atoms with van der Waals surface area (Å²) in [6.07, 6.45) is 0. The lowest BCUT2D eigenvalue weighted by Crippen LogP contribution is -2.12. The molecular formula is C10H15NO4S. The van der Waals surface area contributed by atoms with E-state index in [1.807, 2.05) is 0 Å². The molecule has 0 atom stereocenters. The molecule has 0 fully saturated rings. The number of ether oxygens (including phenoxy) is 1. The molecular weight excluding hydrogens is 230 g/mol. The van der Waals surface area contributed by atoms with Gasteiger partial charge in [-0.05, 0) is 18.6 Å². The molecule has 0 heterocycles. The van der Waals surface area contributed by atoms with Crippen LogP contribution in [0.15, 0.2) is 17.0 Å². The van der Waals surface area contributed by atoms with E-state index < -0.39 is 16.4 Å². The SMILES string of the molecule is COc1cc(N)c(C)cc1S(=O)(=O)CCO. The quantitative estimate of drug-likeness (QED) is 0.747. The van der Waals surface area contributed by atoms with Crippen LogP contribution in [0.4, 0.5) is 5.69 Å². The largest absolute Gasteiger partial charge is 0.495 e. The first-order valence-electron chi connectivity index (χ1n) is 4.70. The van der Waals surface area contributed by atoms with Crippen molar-refractivity contribution in [2.75, 3.05) is 25.2 Å². The van der Waals surface area contributed by atoms with Crippen molar-refractivity contribution in [3.05, 3.63) is 17.7 Å². The van der Waals surface area contributed by atoms with Crippen LogP contribution in [0.5, 0.6) is 5.75 Å². The van der Waals surface area contributed by atoms with Gasteiger partial charge in [-0.1, -0.05) is 0 Å². The van der Waals surface area contributed by atoms with E-state index in [0.717, 1.165) is 0 Å². The lowest BCUT2D eigenvalue weighted by atomic mass is 10.2. The number of nitrogen functional groups attached to an aromatic ring is 1. The molecule has 1 aromatic rings. The second kappa shape index (κ2) is 4.71. The molecule has 0 aliphatic rings. The van der Waals surface area contributed by atoms with Crippen LogP contribution in [0.25, 0.3) is 0 Å². The van der Waals surface area contributed by atoms with Gasteiger partial charge in [-0.2, -0.15) is 0 Å². The van der Waals surface area contributed by atoms with E-state index in [1.165, 1.54) is 19.2 Å². The molecule has 0 bridgehead atoms. The first kappa shape index (κ1) is 12.8. The normalized spacial score (nSPS) is 11.4. The minimum absolute atomic E-state index is 0.0655. The van der Waals surface area contributed by atoms with Gasteiger partial charge in [0.05, 0.1) is 19.5 Å². The minimum Gasteiger partial charge on any atom is -0.495 e. The van der Waals surface area contributed by atoms with Crippen molar-refractivity contribution in [3.63, 3.8) is 0 Å². The predicted octanol–water partition coefficient (Wildman–Crippen LogP) is 0.352. The number of methoxy groups -OCH3 is 1. The molecule has 0 aliphatic heterocycles. The molecule has 16 heavy (non-hydrogen) atoms. The summed E-state index contributed by atoms with van der Waals surface area (Å²) in [7, 11) is -2.15. The third-order valence-electron chi connectivity index (χ3n) is 2.25. The highest BCUT2D eigenvalue weighted by molar-refractivity contribution is 7.91. The molecule has 0 saturated carbocycles. The summed E-state index contributed by atoms with van der Waals surface area (Å²) in [5.41, 5.74) is 6.79. The highest BCUT2D eigenvalue weighted by atomic mass is 32.2. The van der Waals surface area contributed by atoms with Gasteiger partial charge in [-0.3, -0.25) is 0 Å². The zero-order chi connectivity index (χ0) is 12.3. The molecule has 0 unspecified atom stereocenters. The van der Waals surface area contributed by atoms with E-state index in [9.17, 15) is 8.42 Å². The van der Waals surface area contributed by atoms with Gasteiger partial charge in [0.1, 0.15) is 10.6 Å². The number of rotatable bonds is 4. The summed E-state index contributed by atoms with van der Waals surface area (Å²) in [4.78, 5) is 0.0655. The summed E-state index contributed by atoms with van der Waals surface area (Å²) < 4.78 is 28.6. The zero-order valence-electron chi connectivity index (χ0n) is 9.23. The van der Waals surface area contributed by atoms with Gasteiger partial charge < -0.3 is 15.6 Å². The molecule has 6 heteroatoms. The fraction of sp³-hybridized carbons (Fsp3) is 0.400. The van der Waals surface area contributed by atoms with Crippen LogP contribution in [0.3, 0.4) is 0 Å². The lowest BCUT2D eigenvalue weighted by molar-refractivity contribution is 0.319. The molecule has 0 saturated heterocycles. The first-order chi connectivity index (χ1) is 7.42. The maximum atomic E-state index is 11.8. The number of hydrogen-bond acceptors (Lipinski definition) is 5. The Morgan fingerprint density at radius 1 is 1.44 bits per heavy atom. The molecule has 5 nitrogen and oxygen atoms in total. The van der Waals surface area contributed by atoms with Gasteiger partial charge in [-0.25, -0.2) is 8.42 Å². The van der Waals surface area contributed by atoms with Crippen molar-refractivity contribution in [1.82, 2.24) is 0 Å². The Labute approximate surface area is 94.8 Å². The van der Waals surface area contributed by atoms with Crippen LogP contribution < -0.4 is 10.5 Å². The molecule has 1 rings (SSSR count). The Kier molecular flexibility index (Phi) is 3.77. The zero-order valence-corrected chi connectivity index (χ0v) is 10.0. The Bertz CT molecular complexity index is 482. The maximum Gasteiger partial charge on any atom is 0.184 e. The average Bonchev–Trinajstić information content (AvgIpc) is 2.21. The molecule has 0 aliphatic carbocycles. The Hall–Kier alpha value is -1.27. The lowest BCUT2D eigenvalue weighted by Gasteiger charge is -2.11. The number of nitrogens with two attached hydrogens (primary N) is 1. The van der Waals surface area contributed by atoms with E-state index in [0.29, 0.717) is 11.3 Å². The Morgan fingerprint density at radius 3 is 2.56 bits per heavy atom. The maximum absolute atomic E-state index is 11.8. The van der Waals surface area contributed by atoms with E-state index >= 15 is 0 Å². The number of anilines is 1. The van der Waals surface area contributed by atoms with Crippen molar-refractivity contribution >= 4 is 15.5 Å².